The fourth-order valence-electron chi connectivity index (χ4n) is 9.74. The van der Waals surface area contributed by atoms with Crippen molar-refractivity contribution in [2.24, 2.45) is 5.92 Å². The van der Waals surface area contributed by atoms with Gasteiger partial charge >= 0.3 is 6.18 Å². The monoisotopic (exact) mass is 781 g/mol. The third kappa shape index (κ3) is 8.19. The number of piperidine rings is 4. The van der Waals surface area contributed by atoms with Gasteiger partial charge in [-0.3, -0.25) is 19.7 Å². The van der Waals surface area contributed by atoms with Crippen LogP contribution in [0.5, 0.6) is 0 Å². The van der Waals surface area contributed by atoms with Gasteiger partial charge in [0.05, 0.1) is 17.2 Å². The number of nitriles is 1. The Kier molecular flexibility index (Phi) is 10.9. The molecule has 300 valence electrons. The van der Waals surface area contributed by atoms with Crippen LogP contribution < -0.4 is 20.0 Å². The Balaban J connectivity index is 0.770. The number of amides is 3. The zero-order chi connectivity index (χ0) is 39.8. The molecule has 0 saturated carbocycles. The number of nitrogens with one attached hydrogen (secondary N) is 1. The molecule has 3 aromatic rings. The molecular formula is C44H50F3N7O3. The maximum absolute atomic E-state index is 13.5. The Morgan fingerprint density at radius 3 is 2.02 bits per heavy atom. The van der Waals surface area contributed by atoms with E-state index >= 15 is 0 Å². The van der Waals surface area contributed by atoms with E-state index in [0.29, 0.717) is 55.2 Å². The number of carbonyl (C=O) groups excluding carboxylic acids is 3. The highest BCUT2D eigenvalue weighted by atomic mass is 19.4. The zero-order valence-corrected chi connectivity index (χ0v) is 32.4. The molecule has 4 saturated heterocycles. The van der Waals surface area contributed by atoms with Crippen molar-refractivity contribution < 1.29 is 27.6 Å². The number of nitrogens with zero attached hydrogens (tertiary/aromatic N) is 6. The number of carbonyl (C=O) groups is 3. The summed E-state index contributed by atoms with van der Waals surface area (Å²) in [5.41, 5.74) is 4.53. The van der Waals surface area contributed by atoms with E-state index < -0.39 is 17.8 Å². The number of benzene rings is 3. The van der Waals surface area contributed by atoms with Crippen LogP contribution >= 0.6 is 0 Å². The lowest BCUT2D eigenvalue weighted by Crippen LogP contribution is -2.52. The summed E-state index contributed by atoms with van der Waals surface area (Å²) < 4.78 is 40.6. The molecule has 13 heteroatoms. The Labute approximate surface area is 332 Å². The lowest BCUT2D eigenvalue weighted by Gasteiger charge is -2.41. The smallest absolute Gasteiger partial charge is 0.372 e. The lowest BCUT2D eigenvalue weighted by molar-refractivity contribution is -0.138. The number of hydrogen-bond donors (Lipinski definition) is 1. The molecule has 8 rings (SSSR count). The number of anilines is 3. The van der Waals surface area contributed by atoms with Crippen molar-refractivity contribution in [2.45, 2.75) is 82.1 Å². The maximum Gasteiger partial charge on any atom is 0.417 e. The van der Waals surface area contributed by atoms with Gasteiger partial charge < -0.3 is 24.5 Å². The van der Waals surface area contributed by atoms with Gasteiger partial charge in [0, 0.05) is 87.4 Å². The van der Waals surface area contributed by atoms with E-state index in [0.717, 1.165) is 88.6 Å². The Hall–Kier alpha value is -5.09. The molecule has 1 unspecified atom stereocenters. The summed E-state index contributed by atoms with van der Waals surface area (Å²) in [6, 6.07) is 20.5. The van der Waals surface area contributed by atoms with E-state index in [1.54, 1.807) is 17.0 Å². The highest BCUT2D eigenvalue weighted by Crippen LogP contribution is 2.38. The number of rotatable bonds is 8. The van der Waals surface area contributed by atoms with Gasteiger partial charge in [-0.25, -0.2) is 0 Å². The van der Waals surface area contributed by atoms with Crippen molar-refractivity contribution in [3.05, 3.63) is 88.5 Å². The van der Waals surface area contributed by atoms with Crippen molar-refractivity contribution in [2.75, 3.05) is 67.6 Å². The molecule has 3 amide bonds. The molecule has 5 aliphatic heterocycles. The number of fused-ring (bicyclic) bond motifs is 1. The molecule has 3 aromatic carbocycles. The topological polar surface area (TPSA) is 103 Å². The van der Waals surface area contributed by atoms with Gasteiger partial charge in [-0.1, -0.05) is 12.1 Å². The summed E-state index contributed by atoms with van der Waals surface area (Å²) in [4.78, 5) is 48.3. The highest BCUT2D eigenvalue weighted by molar-refractivity contribution is 6.05. The molecule has 0 radical (unpaired) electrons. The first-order chi connectivity index (χ1) is 27.4. The van der Waals surface area contributed by atoms with E-state index in [1.807, 2.05) is 17.0 Å². The Bertz CT molecular complexity index is 2030. The minimum atomic E-state index is -4.56. The zero-order valence-electron chi connectivity index (χ0n) is 32.4. The fraction of sp³-hybridized carbons (Fsp3) is 0.500. The van der Waals surface area contributed by atoms with Crippen LogP contribution in [0.15, 0.2) is 60.7 Å². The normalized spacial score (nSPS) is 21.6. The summed E-state index contributed by atoms with van der Waals surface area (Å²) in [5, 5.41) is 11.5. The van der Waals surface area contributed by atoms with Gasteiger partial charge in [0.15, 0.2) is 0 Å². The lowest BCUT2D eigenvalue weighted by atomic mass is 9.88. The standard InChI is InChI=1S/C44H50F3N7O3/c1-50(34-16-22-53(23-17-34)36-8-9-38-33(24-36)28-54(43(38)57)40-10-11-41(55)49-42(40)56)27-29-12-18-51(19-13-29)35-5-2-30(3-6-35)31-14-20-52(21-15-31)37-7-4-32(26-48)39(25-37)44(45,46)47/h2-9,24-25,29,31,34,40H,10-23,27-28H2,1H3,(H,49,55,56). The fourth-order valence-corrected chi connectivity index (χ4v) is 9.74. The molecule has 5 heterocycles. The first-order valence-corrected chi connectivity index (χ1v) is 20.4. The molecule has 1 N–H and O–H groups in total. The van der Waals surface area contributed by atoms with Crippen LogP contribution in [0.4, 0.5) is 30.2 Å². The van der Waals surface area contributed by atoms with Crippen molar-refractivity contribution in [1.29, 1.82) is 5.26 Å². The first-order valence-electron chi connectivity index (χ1n) is 20.4. The summed E-state index contributed by atoms with van der Waals surface area (Å²) >= 11 is 0. The quantitative estimate of drug-likeness (QED) is 0.258. The second-order valence-electron chi connectivity index (χ2n) is 16.5. The molecular weight excluding hydrogens is 732 g/mol. The van der Waals surface area contributed by atoms with Gasteiger partial charge in [-0.2, -0.15) is 18.4 Å². The SMILES string of the molecule is CN(CC1CCN(c2ccc(C3CCN(c4ccc(C#N)c(C(F)(F)F)c4)CC3)cc2)CC1)C1CCN(c2ccc3c(c2)CN(C2CCC(=O)NC2=O)C3=O)CC1. The highest BCUT2D eigenvalue weighted by Gasteiger charge is 2.40. The average molecular weight is 782 g/mol. The number of hydrogen-bond acceptors (Lipinski definition) is 8. The predicted octanol–water partition coefficient (Wildman–Crippen LogP) is 6.54. The average Bonchev–Trinajstić information content (AvgIpc) is 3.55. The van der Waals surface area contributed by atoms with Crippen LogP contribution in [0.3, 0.4) is 0 Å². The molecule has 0 spiro atoms. The van der Waals surface area contributed by atoms with Crippen LogP contribution in [0.25, 0.3) is 0 Å². The van der Waals surface area contributed by atoms with Crippen molar-refractivity contribution in [3.63, 3.8) is 0 Å². The van der Waals surface area contributed by atoms with Gasteiger partial charge in [0.2, 0.25) is 11.8 Å². The van der Waals surface area contributed by atoms with Crippen LogP contribution in [-0.4, -0.2) is 92.5 Å². The summed E-state index contributed by atoms with van der Waals surface area (Å²) in [5.74, 6) is 0.207. The predicted molar refractivity (Wildman–Crippen MR) is 212 cm³/mol. The van der Waals surface area contributed by atoms with Crippen molar-refractivity contribution in [1.82, 2.24) is 15.1 Å². The molecule has 0 aliphatic carbocycles. The molecule has 10 nitrogen and oxygen atoms in total. The van der Waals surface area contributed by atoms with Crippen molar-refractivity contribution in [3.8, 4) is 6.07 Å². The van der Waals surface area contributed by atoms with Crippen LogP contribution in [0, 0.1) is 17.2 Å². The number of halogens is 3. The second-order valence-corrected chi connectivity index (χ2v) is 16.5. The summed E-state index contributed by atoms with van der Waals surface area (Å²) in [6.07, 6.45) is 2.24. The molecule has 57 heavy (non-hydrogen) atoms. The third-order valence-corrected chi connectivity index (χ3v) is 13.1. The van der Waals surface area contributed by atoms with Gasteiger partial charge in [0.1, 0.15) is 6.04 Å². The Morgan fingerprint density at radius 1 is 0.772 bits per heavy atom. The number of imide groups is 1. The molecule has 0 bridgehead atoms. The molecule has 1 atom stereocenters. The molecule has 4 fully saturated rings. The van der Waals surface area contributed by atoms with Gasteiger partial charge in [-0.05, 0) is 123 Å². The Morgan fingerprint density at radius 2 is 1.37 bits per heavy atom. The van der Waals surface area contributed by atoms with Crippen LogP contribution in [-0.2, 0) is 22.3 Å². The largest absolute Gasteiger partial charge is 0.417 e. The van der Waals surface area contributed by atoms with Crippen LogP contribution in [0.1, 0.15) is 89.9 Å². The molecule has 5 aliphatic rings. The summed E-state index contributed by atoms with van der Waals surface area (Å²) in [6.45, 7) is 6.78. The van der Waals surface area contributed by atoms with E-state index in [9.17, 15) is 27.6 Å². The first kappa shape index (κ1) is 38.8. The van der Waals surface area contributed by atoms with E-state index in [4.69, 9.17) is 5.26 Å². The van der Waals surface area contributed by atoms with E-state index in [1.165, 1.54) is 17.3 Å². The maximum atomic E-state index is 13.5. The second kappa shape index (κ2) is 16.0. The van der Waals surface area contributed by atoms with E-state index in [-0.39, 0.29) is 29.7 Å². The number of alkyl halides is 3. The van der Waals surface area contributed by atoms with Crippen LogP contribution in [0.2, 0.25) is 0 Å². The van der Waals surface area contributed by atoms with E-state index in [2.05, 4.69) is 57.4 Å². The van der Waals surface area contributed by atoms with Crippen molar-refractivity contribution >= 4 is 34.8 Å². The minimum absolute atomic E-state index is 0.139. The molecule has 0 aromatic heterocycles. The van der Waals surface area contributed by atoms with Gasteiger partial charge in [-0.15, -0.1) is 0 Å². The van der Waals surface area contributed by atoms with Gasteiger partial charge in [0.25, 0.3) is 5.91 Å². The minimum Gasteiger partial charge on any atom is -0.372 e. The summed E-state index contributed by atoms with van der Waals surface area (Å²) in [7, 11) is 2.27. The third-order valence-electron chi connectivity index (χ3n) is 13.1.